The number of thiocarbonyl (C=S) groups is 1. The second-order valence-corrected chi connectivity index (χ2v) is 9.31. The van der Waals surface area contributed by atoms with E-state index in [1.165, 1.54) is 26.4 Å². The average Bonchev–Trinajstić information content (AvgIpc) is 2.70. The summed E-state index contributed by atoms with van der Waals surface area (Å²) in [5.41, 5.74) is 1.97. The van der Waals surface area contributed by atoms with Crippen molar-refractivity contribution < 1.29 is 13.2 Å². The van der Waals surface area contributed by atoms with Crippen LogP contribution >= 0.6 is 12.2 Å². The van der Waals surface area contributed by atoms with Crippen LogP contribution in [0.25, 0.3) is 0 Å². The number of hydrogen-bond donors (Lipinski definition) is 3. The van der Waals surface area contributed by atoms with Gasteiger partial charge in [0.2, 0.25) is 0 Å². The topological polar surface area (TPSA) is 79.5 Å². The van der Waals surface area contributed by atoms with Crippen LogP contribution in [0.5, 0.6) is 5.75 Å². The van der Waals surface area contributed by atoms with Gasteiger partial charge in [-0.05, 0) is 61.8 Å². The number of methoxy groups -OCH3 is 1. The lowest BCUT2D eigenvalue weighted by Crippen LogP contribution is -2.39. The molecule has 156 valence electrons. The minimum absolute atomic E-state index is 0.150. The molecule has 0 bridgehead atoms. The number of nitrogens with one attached hydrogen (secondary N) is 3. The van der Waals surface area contributed by atoms with E-state index in [4.69, 9.17) is 17.0 Å². The van der Waals surface area contributed by atoms with Crippen LogP contribution in [0.2, 0.25) is 0 Å². The fourth-order valence-electron chi connectivity index (χ4n) is 3.43. The summed E-state index contributed by atoms with van der Waals surface area (Å²) in [7, 11) is -2.28. The molecule has 3 N–H and O–H groups in total. The molecule has 0 amide bonds. The van der Waals surface area contributed by atoms with Crippen molar-refractivity contribution in [1.82, 2.24) is 5.32 Å². The number of sulfonamides is 1. The number of para-hydroxylation sites is 2. The maximum Gasteiger partial charge on any atom is 0.262 e. The van der Waals surface area contributed by atoms with Crippen molar-refractivity contribution in [3.63, 3.8) is 0 Å². The molecule has 1 aliphatic rings. The summed E-state index contributed by atoms with van der Waals surface area (Å²) in [6.45, 7) is 1.91. The van der Waals surface area contributed by atoms with Gasteiger partial charge in [-0.2, -0.15) is 0 Å². The first-order chi connectivity index (χ1) is 13.9. The monoisotopic (exact) mass is 433 g/mol. The first-order valence-corrected chi connectivity index (χ1v) is 11.6. The standard InChI is InChI=1S/C21H27N3O3S2/c1-15-12-13-17(29(25,26)24-18-10-6-7-11-20(18)27-2)14-19(15)23-21(28)22-16-8-4-3-5-9-16/h6-7,10-14,16,24H,3-5,8-9H2,1-2H3,(H2,22,23,28). The normalized spacial score (nSPS) is 14.8. The van der Waals surface area contributed by atoms with Gasteiger partial charge in [0.15, 0.2) is 5.11 Å². The summed E-state index contributed by atoms with van der Waals surface area (Å²) in [5, 5.41) is 7.03. The first kappa shape index (κ1) is 21.4. The van der Waals surface area contributed by atoms with Crippen LogP contribution in [-0.4, -0.2) is 26.7 Å². The van der Waals surface area contributed by atoms with Gasteiger partial charge in [-0.15, -0.1) is 0 Å². The Hall–Kier alpha value is -2.32. The Bertz CT molecular complexity index is 971. The van der Waals surface area contributed by atoms with E-state index in [0.717, 1.165) is 18.4 Å². The molecule has 8 heteroatoms. The molecule has 6 nitrogen and oxygen atoms in total. The van der Waals surface area contributed by atoms with Gasteiger partial charge in [0.25, 0.3) is 10.0 Å². The highest BCUT2D eigenvalue weighted by atomic mass is 32.2. The van der Waals surface area contributed by atoms with Gasteiger partial charge < -0.3 is 15.4 Å². The van der Waals surface area contributed by atoms with E-state index in [9.17, 15) is 8.42 Å². The maximum absolute atomic E-state index is 12.9. The van der Waals surface area contributed by atoms with Crippen molar-refractivity contribution >= 4 is 38.7 Å². The second kappa shape index (κ2) is 9.45. The van der Waals surface area contributed by atoms with Crippen molar-refractivity contribution in [2.75, 3.05) is 17.1 Å². The molecule has 0 spiro atoms. The van der Waals surface area contributed by atoms with Gasteiger partial charge in [0.05, 0.1) is 17.7 Å². The predicted molar refractivity (Wildman–Crippen MR) is 121 cm³/mol. The summed E-state index contributed by atoms with van der Waals surface area (Å²) >= 11 is 5.45. The number of aryl methyl sites for hydroxylation is 1. The van der Waals surface area contributed by atoms with Gasteiger partial charge in [0.1, 0.15) is 5.75 Å². The maximum atomic E-state index is 12.9. The number of rotatable bonds is 6. The van der Waals surface area contributed by atoms with Crippen LogP contribution in [0.4, 0.5) is 11.4 Å². The van der Waals surface area contributed by atoms with E-state index < -0.39 is 10.0 Å². The number of ether oxygens (including phenoxy) is 1. The zero-order valence-electron chi connectivity index (χ0n) is 16.7. The summed E-state index contributed by atoms with van der Waals surface area (Å²) < 4.78 is 33.6. The molecule has 0 radical (unpaired) electrons. The molecule has 2 aromatic carbocycles. The minimum Gasteiger partial charge on any atom is -0.495 e. The highest BCUT2D eigenvalue weighted by Gasteiger charge is 2.19. The molecule has 1 saturated carbocycles. The summed E-state index contributed by atoms with van der Waals surface area (Å²) in [5.74, 6) is 0.458. The van der Waals surface area contributed by atoms with Crippen molar-refractivity contribution in [3.8, 4) is 5.75 Å². The van der Waals surface area contributed by atoms with Crippen LogP contribution in [0.15, 0.2) is 47.4 Å². The fourth-order valence-corrected chi connectivity index (χ4v) is 4.80. The summed E-state index contributed by atoms with van der Waals surface area (Å²) in [6.07, 6.45) is 5.91. The second-order valence-electron chi connectivity index (χ2n) is 7.22. The summed E-state index contributed by atoms with van der Waals surface area (Å²) in [4.78, 5) is 0.150. The van der Waals surface area contributed by atoms with E-state index in [0.29, 0.717) is 28.3 Å². The van der Waals surface area contributed by atoms with Crippen LogP contribution in [-0.2, 0) is 10.0 Å². The Morgan fingerprint density at radius 1 is 1.07 bits per heavy atom. The third-order valence-corrected chi connectivity index (χ3v) is 6.64. The van der Waals surface area contributed by atoms with E-state index in [-0.39, 0.29) is 4.90 Å². The molecule has 2 aromatic rings. The van der Waals surface area contributed by atoms with Gasteiger partial charge >= 0.3 is 0 Å². The average molecular weight is 434 g/mol. The smallest absolute Gasteiger partial charge is 0.262 e. The molecule has 29 heavy (non-hydrogen) atoms. The molecule has 0 heterocycles. The zero-order chi connectivity index (χ0) is 20.9. The molecule has 0 aromatic heterocycles. The van der Waals surface area contributed by atoms with Crippen molar-refractivity contribution in [2.45, 2.75) is 50.0 Å². The first-order valence-electron chi connectivity index (χ1n) is 9.73. The highest BCUT2D eigenvalue weighted by Crippen LogP contribution is 2.28. The number of anilines is 2. The SMILES string of the molecule is COc1ccccc1NS(=O)(=O)c1ccc(C)c(NC(=S)NC2CCCCC2)c1. The Kier molecular flexibility index (Phi) is 6.97. The quantitative estimate of drug-likeness (QED) is 0.585. The molecule has 0 saturated heterocycles. The van der Waals surface area contributed by atoms with Crippen LogP contribution < -0.4 is 20.1 Å². The van der Waals surface area contributed by atoms with E-state index in [1.54, 1.807) is 42.5 Å². The Labute approximate surface area is 178 Å². The molecular weight excluding hydrogens is 406 g/mol. The zero-order valence-corrected chi connectivity index (χ0v) is 18.3. The van der Waals surface area contributed by atoms with E-state index in [2.05, 4.69) is 15.4 Å². The van der Waals surface area contributed by atoms with Gasteiger partial charge in [0, 0.05) is 11.7 Å². The largest absolute Gasteiger partial charge is 0.495 e. The Morgan fingerprint density at radius 3 is 2.52 bits per heavy atom. The lowest BCUT2D eigenvalue weighted by atomic mass is 9.96. The highest BCUT2D eigenvalue weighted by molar-refractivity contribution is 7.92. The van der Waals surface area contributed by atoms with Crippen molar-refractivity contribution in [3.05, 3.63) is 48.0 Å². The number of benzene rings is 2. The van der Waals surface area contributed by atoms with Gasteiger partial charge in [-0.1, -0.05) is 37.5 Å². The molecule has 0 aliphatic heterocycles. The molecular formula is C21H27N3O3S2. The molecule has 0 unspecified atom stereocenters. The van der Waals surface area contributed by atoms with Gasteiger partial charge in [-0.3, -0.25) is 4.72 Å². The van der Waals surface area contributed by atoms with Crippen LogP contribution in [0.3, 0.4) is 0 Å². The summed E-state index contributed by atoms with van der Waals surface area (Å²) in [6, 6.07) is 12.2. The van der Waals surface area contributed by atoms with Crippen LogP contribution in [0, 0.1) is 6.92 Å². The fraction of sp³-hybridized carbons (Fsp3) is 0.381. The number of hydrogen-bond acceptors (Lipinski definition) is 4. The molecule has 3 rings (SSSR count). The minimum atomic E-state index is -3.78. The lowest BCUT2D eigenvalue weighted by molar-refractivity contribution is 0.415. The molecule has 0 atom stereocenters. The van der Waals surface area contributed by atoms with E-state index >= 15 is 0 Å². The Balaban J connectivity index is 1.75. The van der Waals surface area contributed by atoms with E-state index in [1.807, 2.05) is 6.92 Å². The third kappa shape index (κ3) is 5.61. The third-order valence-electron chi connectivity index (χ3n) is 5.06. The van der Waals surface area contributed by atoms with Crippen molar-refractivity contribution in [2.24, 2.45) is 0 Å². The van der Waals surface area contributed by atoms with Crippen molar-refractivity contribution in [1.29, 1.82) is 0 Å². The van der Waals surface area contributed by atoms with Crippen LogP contribution in [0.1, 0.15) is 37.7 Å². The Morgan fingerprint density at radius 2 is 1.79 bits per heavy atom. The lowest BCUT2D eigenvalue weighted by Gasteiger charge is -2.24. The predicted octanol–water partition coefficient (Wildman–Crippen LogP) is 4.42. The molecule has 1 fully saturated rings. The van der Waals surface area contributed by atoms with Gasteiger partial charge in [-0.25, -0.2) is 8.42 Å². The molecule has 1 aliphatic carbocycles.